The van der Waals surface area contributed by atoms with Gasteiger partial charge in [-0.1, -0.05) is 0 Å². The number of carbonyl (C=O) groups is 2. The van der Waals surface area contributed by atoms with Gasteiger partial charge in [0.25, 0.3) is 5.91 Å². The van der Waals surface area contributed by atoms with Gasteiger partial charge in [-0.3, -0.25) is 14.5 Å². The van der Waals surface area contributed by atoms with Crippen molar-refractivity contribution in [3.8, 4) is 0 Å². The van der Waals surface area contributed by atoms with Crippen molar-refractivity contribution in [2.75, 3.05) is 46.4 Å². The summed E-state index contributed by atoms with van der Waals surface area (Å²) in [5.41, 5.74) is -0.122. The quantitative estimate of drug-likeness (QED) is 0.661. The molecular formula is C23H31F2N3O3. The van der Waals surface area contributed by atoms with Gasteiger partial charge < -0.3 is 14.5 Å². The van der Waals surface area contributed by atoms with Crippen LogP contribution in [0.15, 0.2) is 18.2 Å². The first-order chi connectivity index (χ1) is 14.9. The van der Waals surface area contributed by atoms with Crippen molar-refractivity contribution in [2.45, 2.75) is 44.2 Å². The topological polar surface area (TPSA) is 53.1 Å². The highest BCUT2D eigenvalue weighted by Gasteiger charge is 2.39. The van der Waals surface area contributed by atoms with Crippen LogP contribution in [-0.4, -0.2) is 85.0 Å². The van der Waals surface area contributed by atoms with Gasteiger partial charge in [0.15, 0.2) is 0 Å². The zero-order valence-electron chi connectivity index (χ0n) is 18.1. The SMILES string of the molecule is CN(CCN(C1CCOCC1)C1CCN(C(=O)C2CC2)C1)C(=O)c1ccc(F)cc1F. The molecule has 0 N–H and O–H groups in total. The van der Waals surface area contributed by atoms with Gasteiger partial charge in [0, 0.05) is 70.5 Å². The Balaban J connectivity index is 1.40. The average Bonchev–Trinajstić information content (AvgIpc) is 3.51. The number of hydrogen-bond acceptors (Lipinski definition) is 4. The zero-order valence-corrected chi connectivity index (χ0v) is 18.1. The number of nitrogens with zero attached hydrogens (tertiary/aromatic N) is 3. The molecule has 1 aromatic carbocycles. The number of hydrogen-bond donors (Lipinski definition) is 0. The maximum absolute atomic E-state index is 14.0. The van der Waals surface area contributed by atoms with Gasteiger partial charge in [0.2, 0.25) is 5.91 Å². The molecule has 1 unspecified atom stereocenters. The molecule has 3 aliphatic rings. The van der Waals surface area contributed by atoms with E-state index in [4.69, 9.17) is 4.74 Å². The van der Waals surface area contributed by atoms with E-state index in [9.17, 15) is 18.4 Å². The minimum absolute atomic E-state index is 0.122. The molecule has 2 amide bonds. The minimum atomic E-state index is -0.844. The minimum Gasteiger partial charge on any atom is -0.381 e. The molecule has 0 bridgehead atoms. The Morgan fingerprint density at radius 3 is 2.48 bits per heavy atom. The molecule has 1 atom stereocenters. The van der Waals surface area contributed by atoms with E-state index in [1.165, 1.54) is 11.0 Å². The van der Waals surface area contributed by atoms with Crippen LogP contribution in [0.2, 0.25) is 0 Å². The first kappa shape index (κ1) is 22.1. The van der Waals surface area contributed by atoms with Crippen molar-refractivity contribution in [1.82, 2.24) is 14.7 Å². The van der Waals surface area contributed by atoms with Crippen LogP contribution in [0.5, 0.6) is 0 Å². The molecule has 2 saturated heterocycles. The Morgan fingerprint density at radius 2 is 1.81 bits per heavy atom. The molecule has 170 valence electrons. The lowest BCUT2D eigenvalue weighted by Gasteiger charge is -2.39. The standard InChI is InChI=1S/C23H31F2N3O3/c1-26(23(30)20-5-4-17(24)14-21(20)25)10-11-28(18-7-12-31-13-8-18)19-6-9-27(15-19)22(29)16-2-3-16/h4-5,14,16,18-19H,2-3,6-13,15H2,1H3. The van der Waals surface area contributed by atoms with Gasteiger partial charge in [-0.15, -0.1) is 0 Å². The van der Waals surface area contributed by atoms with Crippen molar-refractivity contribution in [3.63, 3.8) is 0 Å². The van der Waals surface area contributed by atoms with Gasteiger partial charge in [-0.05, 0) is 44.2 Å². The zero-order chi connectivity index (χ0) is 22.0. The molecule has 0 radical (unpaired) electrons. The highest BCUT2D eigenvalue weighted by Crippen LogP contribution is 2.33. The third kappa shape index (κ3) is 5.23. The highest BCUT2D eigenvalue weighted by atomic mass is 19.1. The van der Waals surface area contributed by atoms with Crippen molar-refractivity contribution in [1.29, 1.82) is 0 Å². The number of carbonyl (C=O) groups excluding carboxylic acids is 2. The molecule has 0 aromatic heterocycles. The van der Waals surface area contributed by atoms with E-state index < -0.39 is 17.5 Å². The summed E-state index contributed by atoms with van der Waals surface area (Å²) in [6.45, 7) is 4.03. The molecular weight excluding hydrogens is 404 g/mol. The first-order valence-corrected chi connectivity index (χ1v) is 11.3. The molecule has 6 nitrogen and oxygen atoms in total. The Morgan fingerprint density at radius 1 is 1.06 bits per heavy atom. The van der Waals surface area contributed by atoms with Crippen LogP contribution in [0.3, 0.4) is 0 Å². The van der Waals surface area contributed by atoms with E-state index in [-0.39, 0.29) is 23.4 Å². The molecule has 1 aliphatic carbocycles. The van der Waals surface area contributed by atoms with Crippen molar-refractivity contribution < 1.29 is 23.1 Å². The van der Waals surface area contributed by atoms with Crippen LogP contribution in [0, 0.1) is 17.6 Å². The predicted molar refractivity (Wildman–Crippen MR) is 112 cm³/mol. The second-order valence-electron chi connectivity index (χ2n) is 8.93. The fourth-order valence-corrected chi connectivity index (χ4v) is 4.72. The average molecular weight is 436 g/mol. The number of rotatable bonds is 7. The number of ether oxygens (including phenoxy) is 1. The Kier molecular flexibility index (Phi) is 6.86. The molecule has 2 heterocycles. The molecule has 2 aliphatic heterocycles. The monoisotopic (exact) mass is 435 g/mol. The highest BCUT2D eigenvalue weighted by molar-refractivity contribution is 5.94. The molecule has 4 rings (SSSR count). The summed E-state index contributed by atoms with van der Waals surface area (Å²) >= 11 is 0. The van der Waals surface area contributed by atoms with E-state index in [0.29, 0.717) is 32.3 Å². The summed E-state index contributed by atoms with van der Waals surface area (Å²) in [6, 6.07) is 3.64. The van der Waals surface area contributed by atoms with Gasteiger partial charge in [0.05, 0.1) is 5.56 Å². The van der Waals surface area contributed by atoms with Crippen LogP contribution in [0.25, 0.3) is 0 Å². The summed E-state index contributed by atoms with van der Waals surface area (Å²) in [5.74, 6) is -1.49. The Hall–Kier alpha value is -2.06. The normalized spacial score (nSPS) is 22.2. The maximum atomic E-state index is 14.0. The summed E-state index contributed by atoms with van der Waals surface area (Å²) in [5, 5.41) is 0. The van der Waals surface area contributed by atoms with Crippen LogP contribution in [0.4, 0.5) is 8.78 Å². The van der Waals surface area contributed by atoms with Crippen LogP contribution in [-0.2, 0) is 9.53 Å². The van der Waals surface area contributed by atoms with Crippen LogP contribution >= 0.6 is 0 Å². The fourth-order valence-electron chi connectivity index (χ4n) is 4.72. The van der Waals surface area contributed by atoms with E-state index in [1.54, 1.807) is 7.05 Å². The van der Waals surface area contributed by atoms with E-state index >= 15 is 0 Å². The Bertz CT molecular complexity index is 811. The smallest absolute Gasteiger partial charge is 0.256 e. The molecule has 1 saturated carbocycles. The second kappa shape index (κ2) is 9.61. The first-order valence-electron chi connectivity index (χ1n) is 11.3. The van der Waals surface area contributed by atoms with Crippen molar-refractivity contribution in [2.24, 2.45) is 5.92 Å². The second-order valence-corrected chi connectivity index (χ2v) is 8.93. The van der Waals surface area contributed by atoms with Gasteiger partial charge >= 0.3 is 0 Å². The lowest BCUT2D eigenvalue weighted by molar-refractivity contribution is -0.131. The number of amides is 2. The summed E-state index contributed by atoms with van der Waals surface area (Å²) in [4.78, 5) is 31.1. The molecule has 1 aromatic rings. The van der Waals surface area contributed by atoms with Crippen molar-refractivity contribution >= 4 is 11.8 Å². The van der Waals surface area contributed by atoms with Crippen LogP contribution in [0.1, 0.15) is 42.5 Å². The van der Waals surface area contributed by atoms with Gasteiger partial charge in [-0.25, -0.2) is 8.78 Å². The Labute approximate surface area is 182 Å². The number of halogens is 2. The summed E-state index contributed by atoms with van der Waals surface area (Å²) in [6.07, 6.45) is 4.81. The van der Waals surface area contributed by atoms with Crippen LogP contribution < -0.4 is 0 Å². The lowest BCUT2D eigenvalue weighted by Crippen LogP contribution is -2.50. The van der Waals surface area contributed by atoms with Gasteiger partial charge in [0.1, 0.15) is 11.6 Å². The summed E-state index contributed by atoms with van der Waals surface area (Å²) < 4.78 is 32.7. The number of likely N-dealkylation sites (N-methyl/N-ethyl adjacent to an activating group) is 1. The van der Waals surface area contributed by atoms with E-state index in [2.05, 4.69) is 4.90 Å². The van der Waals surface area contributed by atoms with E-state index in [1.807, 2.05) is 4.90 Å². The molecule has 31 heavy (non-hydrogen) atoms. The molecule has 3 fully saturated rings. The third-order valence-corrected chi connectivity index (χ3v) is 6.73. The predicted octanol–water partition coefficient (Wildman–Crippen LogP) is 2.53. The number of likely N-dealkylation sites (tertiary alicyclic amines) is 1. The van der Waals surface area contributed by atoms with Gasteiger partial charge in [-0.2, -0.15) is 0 Å². The molecule has 8 heteroatoms. The number of benzene rings is 1. The summed E-state index contributed by atoms with van der Waals surface area (Å²) in [7, 11) is 1.64. The molecule has 0 spiro atoms. The third-order valence-electron chi connectivity index (χ3n) is 6.73. The van der Waals surface area contributed by atoms with E-state index in [0.717, 1.165) is 57.3 Å². The lowest BCUT2D eigenvalue weighted by atomic mass is 10.0. The maximum Gasteiger partial charge on any atom is 0.256 e. The van der Waals surface area contributed by atoms with Crippen molar-refractivity contribution in [3.05, 3.63) is 35.4 Å². The fraction of sp³-hybridized carbons (Fsp3) is 0.652. The largest absolute Gasteiger partial charge is 0.381 e.